The van der Waals surface area contributed by atoms with Crippen molar-refractivity contribution in [1.82, 2.24) is 0 Å². The van der Waals surface area contributed by atoms with Crippen LogP contribution in [-0.4, -0.2) is 5.91 Å². The molecule has 0 aromatic heterocycles. The summed E-state index contributed by atoms with van der Waals surface area (Å²) in [6.07, 6.45) is 0. The zero-order chi connectivity index (χ0) is 17.6. The molecule has 3 aromatic carbocycles. The van der Waals surface area contributed by atoms with Crippen LogP contribution in [0.2, 0.25) is 0 Å². The quantitative estimate of drug-likeness (QED) is 0.587. The van der Waals surface area contributed by atoms with Crippen LogP contribution in [0.1, 0.15) is 27.0 Å². The molecule has 0 aliphatic carbocycles. The highest BCUT2D eigenvalue weighted by Crippen LogP contribution is 2.23. The van der Waals surface area contributed by atoms with Crippen LogP contribution in [0.25, 0.3) is 0 Å². The smallest absolute Gasteiger partial charge is 0.255 e. The summed E-state index contributed by atoms with van der Waals surface area (Å²) in [6, 6.07) is 24.3. The average molecular weight is 347 g/mol. The van der Waals surface area contributed by atoms with Crippen molar-refractivity contribution >= 4 is 23.4 Å². The maximum absolute atomic E-state index is 12.5. The van der Waals surface area contributed by atoms with E-state index in [2.05, 4.69) is 29.6 Å². The van der Waals surface area contributed by atoms with E-state index in [-0.39, 0.29) is 5.91 Å². The molecule has 0 bridgehead atoms. The minimum absolute atomic E-state index is 0.0624. The third kappa shape index (κ3) is 4.74. The minimum atomic E-state index is -0.0624. The molecule has 126 valence electrons. The van der Waals surface area contributed by atoms with Crippen molar-refractivity contribution in [2.24, 2.45) is 0 Å². The van der Waals surface area contributed by atoms with Crippen molar-refractivity contribution in [2.45, 2.75) is 24.5 Å². The molecule has 0 spiro atoms. The van der Waals surface area contributed by atoms with Gasteiger partial charge in [0.05, 0.1) is 0 Å². The maximum Gasteiger partial charge on any atom is 0.255 e. The number of hydrogen-bond donors (Lipinski definition) is 1. The van der Waals surface area contributed by atoms with Crippen LogP contribution in [0, 0.1) is 13.8 Å². The number of carbonyl (C=O) groups excluding carboxylic acids is 1. The molecule has 1 amide bonds. The number of hydrogen-bond acceptors (Lipinski definition) is 2. The summed E-state index contributed by atoms with van der Waals surface area (Å²) < 4.78 is 0. The monoisotopic (exact) mass is 347 g/mol. The summed E-state index contributed by atoms with van der Waals surface area (Å²) >= 11 is 1.81. The van der Waals surface area contributed by atoms with Gasteiger partial charge in [-0.1, -0.05) is 48.0 Å². The second-order valence-corrected chi connectivity index (χ2v) is 7.12. The van der Waals surface area contributed by atoms with Gasteiger partial charge in [-0.25, -0.2) is 0 Å². The Kier molecular flexibility index (Phi) is 5.56. The van der Waals surface area contributed by atoms with Gasteiger partial charge >= 0.3 is 0 Å². The van der Waals surface area contributed by atoms with Gasteiger partial charge in [-0.05, 0) is 55.3 Å². The Labute approximate surface area is 153 Å². The summed E-state index contributed by atoms with van der Waals surface area (Å²) in [5, 5.41) is 2.98. The highest BCUT2D eigenvalue weighted by Gasteiger charge is 2.09. The van der Waals surface area contributed by atoms with Gasteiger partial charge < -0.3 is 5.32 Å². The summed E-state index contributed by atoms with van der Waals surface area (Å²) in [5.41, 5.74) is 4.85. The number of thioether (sulfide) groups is 1. The Bertz CT molecular complexity index is 857. The van der Waals surface area contributed by atoms with Crippen LogP contribution >= 0.6 is 11.8 Å². The standard InChI is InChI=1S/C22H21NOS/c1-16-8-9-17(2)21(14-16)22(24)23-19-12-10-18(11-13-19)15-25-20-6-4-3-5-7-20/h3-14H,15H2,1-2H3,(H,23,24). The summed E-state index contributed by atoms with van der Waals surface area (Å²) in [7, 11) is 0. The Balaban J connectivity index is 1.62. The molecule has 0 aliphatic rings. The first-order chi connectivity index (χ1) is 12.1. The molecular weight excluding hydrogens is 326 g/mol. The normalized spacial score (nSPS) is 10.5. The van der Waals surface area contributed by atoms with E-state index in [0.29, 0.717) is 0 Å². The number of carbonyl (C=O) groups is 1. The lowest BCUT2D eigenvalue weighted by molar-refractivity contribution is 0.102. The molecule has 0 fully saturated rings. The molecule has 3 aromatic rings. The Morgan fingerprint density at radius 3 is 2.36 bits per heavy atom. The maximum atomic E-state index is 12.5. The molecular formula is C22H21NOS. The van der Waals surface area contributed by atoms with E-state index in [1.807, 2.05) is 62.4 Å². The van der Waals surface area contributed by atoms with Crippen molar-refractivity contribution in [3.05, 3.63) is 95.1 Å². The molecule has 2 nitrogen and oxygen atoms in total. The van der Waals surface area contributed by atoms with Gasteiger partial charge in [0.25, 0.3) is 5.91 Å². The zero-order valence-corrected chi connectivity index (χ0v) is 15.3. The fourth-order valence-corrected chi connectivity index (χ4v) is 3.42. The lowest BCUT2D eigenvalue weighted by Gasteiger charge is -2.09. The number of aryl methyl sites for hydroxylation is 2. The van der Waals surface area contributed by atoms with Crippen LogP contribution in [0.4, 0.5) is 5.69 Å². The first-order valence-corrected chi connectivity index (χ1v) is 9.26. The van der Waals surface area contributed by atoms with Crippen molar-refractivity contribution < 1.29 is 4.79 Å². The van der Waals surface area contributed by atoms with E-state index in [0.717, 1.165) is 28.1 Å². The molecule has 3 heteroatoms. The molecule has 0 saturated heterocycles. The fourth-order valence-electron chi connectivity index (χ4n) is 2.55. The zero-order valence-electron chi connectivity index (χ0n) is 14.5. The van der Waals surface area contributed by atoms with Crippen molar-refractivity contribution in [1.29, 1.82) is 0 Å². The lowest BCUT2D eigenvalue weighted by Crippen LogP contribution is -2.13. The second kappa shape index (κ2) is 8.04. The molecule has 25 heavy (non-hydrogen) atoms. The average Bonchev–Trinajstić information content (AvgIpc) is 2.64. The van der Waals surface area contributed by atoms with Gasteiger partial charge in [0, 0.05) is 21.9 Å². The van der Waals surface area contributed by atoms with Gasteiger partial charge in [0.15, 0.2) is 0 Å². The summed E-state index contributed by atoms with van der Waals surface area (Å²) in [6.45, 7) is 3.95. The molecule has 3 rings (SSSR count). The lowest BCUT2D eigenvalue weighted by atomic mass is 10.0. The van der Waals surface area contributed by atoms with Gasteiger partial charge in [-0.15, -0.1) is 11.8 Å². The van der Waals surface area contributed by atoms with Crippen molar-refractivity contribution in [3.8, 4) is 0 Å². The SMILES string of the molecule is Cc1ccc(C)c(C(=O)Nc2ccc(CSc3ccccc3)cc2)c1. The molecule has 0 atom stereocenters. The summed E-state index contributed by atoms with van der Waals surface area (Å²) in [4.78, 5) is 13.7. The molecule has 1 N–H and O–H groups in total. The fraction of sp³-hybridized carbons (Fsp3) is 0.136. The van der Waals surface area contributed by atoms with E-state index in [4.69, 9.17) is 0 Å². The Morgan fingerprint density at radius 2 is 1.64 bits per heavy atom. The van der Waals surface area contributed by atoms with Crippen LogP contribution in [-0.2, 0) is 5.75 Å². The molecule has 0 unspecified atom stereocenters. The van der Waals surface area contributed by atoms with Crippen LogP contribution in [0.15, 0.2) is 77.7 Å². The molecule has 0 heterocycles. The van der Waals surface area contributed by atoms with E-state index in [1.165, 1.54) is 10.5 Å². The van der Waals surface area contributed by atoms with Gasteiger partial charge in [-0.2, -0.15) is 0 Å². The summed E-state index contributed by atoms with van der Waals surface area (Å²) in [5.74, 6) is 0.850. The number of amides is 1. The van der Waals surface area contributed by atoms with Gasteiger partial charge in [0.2, 0.25) is 0 Å². The van der Waals surface area contributed by atoms with Crippen molar-refractivity contribution in [3.63, 3.8) is 0 Å². The number of benzene rings is 3. The van der Waals surface area contributed by atoms with E-state index < -0.39 is 0 Å². The van der Waals surface area contributed by atoms with Crippen LogP contribution < -0.4 is 5.32 Å². The number of anilines is 1. The number of nitrogens with one attached hydrogen (secondary N) is 1. The second-order valence-electron chi connectivity index (χ2n) is 6.07. The Morgan fingerprint density at radius 1 is 0.920 bits per heavy atom. The van der Waals surface area contributed by atoms with Crippen LogP contribution in [0.5, 0.6) is 0 Å². The van der Waals surface area contributed by atoms with E-state index >= 15 is 0 Å². The first-order valence-electron chi connectivity index (χ1n) is 8.27. The third-order valence-corrected chi connectivity index (χ3v) is 5.08. The predicted molar refractivity (Wildman–Crippen MR) is 106 cm³/mol. The molecule has 0 radical (unpaired) electrons. The first kappa shape index (κ1) is 17.3. The topological polar surface area (TPSA) is 29.1 Å². The van der Waals surface area contributed by atoms with E-state index in [1.54, 1.807) is 11.8 Å². The molecule has 0 saturated carbocycles. The van der Waals surface area contributed by atoms with Crippen LogP contribution in [0.3, 0.4) is 0 Å². The van der Waals surface area contributed by atoms with Gasteiger partial charge in [-0.3, -0.25) is 4.79 Å². The Hall–Kier alpha value is -2.52. The molecule has 0 aliphatic heterocycles. The minimum Gasteiger partial charge on any atom is -0.322 e. The predicted octanol–water partition coefficient (Wildman–Crippen LogP) is 5.85. The highest BCUT2D eigenvalue weighted by atomic mass is 32.2. The third-order valence-electron chi connectivity index (χ3n) is 4.00. The van der Waals surface area contributed by atoms with Crippen molar-refractivity contribution in [2.75, 3.05) is 5.32 Å². The van der Waals surface area contributed by atoms with Gasteiger partial charge in [0.1, 0.15) is 0 Å². The number of rotatable bonds is 5. The highest BCUT2D eigenvalue weighted by molar-refractivity contribution is 7.98. The largest absolute Gasteiger partial charge is 0.322 e. The van der Waals surface area contributed by atoms with E-state index in [9.17, 15) is 4.79 Å².